The third-order valence-corrected chi connectivity index (χ3v) is 4.86. The van der Waals surface area contributed by atoms with Crippen LogP contribution in [0.4, 0.5) is 0 Å². The molecule has 28 heavy (non-hydrogen) atoms. The number of rotatable bonds is 4. The summed E-state index contributed by atoms with van der Waals surface area (Å²) in [4.78, 5) is 22.1. The number of amides is 1. The molecule has 0 radical (unpaired) electrons. The van der Waals surface area contributed by atoms with E-state index in [1.165, 1.54) is 0 Å². The minimum Gasteiger partial charge on any atom is -0.497 e. The molecule has 1 aliphatic heterocycles. The Morgan fingerprint density at radius 2 is 1.82 bits per heavy atom. The predicted molar refractivity (Wildman–Crippen MR) is 108 cm³/mol. The maximum absolute atomic E-state index is 12.8. The molecule has 4 rings (SSSR count). The summed E-state index contributed by atoms with van der Waals surface area (Å²) < 4.78 is 5.23. The van der Waals surface area contributed by atoms with Crippen LogP contribution >= 0.6 is 0 Å². The molecule has 0 unspecified atom stereocenters. The number of nitrogens with zero attached hydrogens (tertiary/aromatic N) is 4. The SMILES string of the molecule is COc1ccc(C2=NN(C(=O)C(C)C)[C@H](c3cnc4ccccc4n3)C2)cc1. The Labute approximate surface area is 163 Å². The van der Waals surface area contributed by atoms with Gasteiger partial charge in [0.15, 0.2) is 0 Å². The third kappa shape index (κ3) is 3.33. The van der Waals surface area contributed by atoms with Crippen molar-refractivity contribution in [3.05, 3.63) is 66.0 Å². The highest BCUT2D eigenvalue weighted by Crippen LogP contribution is 2.33. The second-order valence-corrected chi connectivity index (χ2v) is 7.12. The molecular formula is C22H22N4O2. The summed E-state index contributed by atoms with van der Waals surface area (Å²) in [5.74, 6) is 0.604. The van der Waals surface area contributed by atoms with Gasteiger partial charge in [0.25, 0.3) is 0 Å². The first-order valence-electron chi connectivity index (χ1n) is 9.33. The number of methoxy groups -OCH3 is 1. The molecule has 6 nitrogen and oxygen atoms in total. The van der Waals surface area contributed by atoms with Crippen molar-refractivity contribution in [2.45, 2.75) is 26.3 Å². The lowest BCUT2D eigenvalue weighted by Gasteiger charge is -2.22. The van der Waals surface area contributed by atoms with Crippen LogP contribution in [0.15, 0.2) is 59.8 Å². The lowest BCUT2D eigenvalue weighted by molar-refractivity contribution is -0.136. The van der Waals surface area contributed by atoms with E-state index in [-0.39, 0.29) is 17.9 Å². The average Bonchev–Trinajstić information content (AvgIpc) is 3.18. The molecule has 1 atom stereocenters. The summed E-state index contributed by atoms with van der Waals surface area (Å²) in [7, 11) is 1.64. The second kappa shape index (κ2) is 7.38. The van der Waals surface area contributed by atoms with Gasteiger partial charge in [-0.25, -0.2) is 9.99 Å². The molecule has 0 aliphatic carbocycles. The number of hydrogen-bond donors (Lipinski definition) is 0. The Morgan fingerprint density at radius 1 is 1.11 bits per heavy atom. The third-order valence-electron chi connectivity index (χ3n) is 4.86. The highest BCUT2D eigenvalue weighted by molar-refractivity contribution is 6.03. The zero-order valence-corrected chi connectivity index (χ0v) is 16.2. The van der Waals surface area contributed by atoms with Crippen molar-refractivity contribution in [3.8, 4) is 5.75 Å². The lowest BCUT2D eigenvalue weighted by Crippen LogP contribution is -2.31. The van der Waals surface area contributed by atoms with E-state index in [0.717, 1.165) is 33.8 Å². The van der Waals surface area contributed by atoms with E-state index in [4.69, 9.17) is 9.72 Å². The summed E-state index contributed by atoms with van der Waals surface area (Å²) in [5.41, 5.74) is 4.23. The number of hydrazone groups is 1. The smallest absolute Gasteiger partial charge is 0.245 e. The van der Waals surface area contributed by atoms with Crippen LogP contribution in [0.5, 0.6) is 5.75 Å². The predicted octanol–water partition coefficient (Wildman–Crippen LogP) is 3.97. The van der Waals surface area contributed by atoms with Gasteiger partial charge in [-0.15, -0.1) is 0 Å². The molecular weight excluding hydrogens is 352 g/mol. The van der Waals surface area contributed by atoms with Gasteiger partial charge in [-0.2, -0.15) is 5.10 Å². The zero-order chi connectivity index (χ0) is 19.7. The molecule has 0 saturated carbocycles. The van der Waals surface area contributed by atoms with Gasteiger partial charge in [-0.3, -0.25) is 9.78 Å². The first-order chi connectivity index (χ1) is 13.6. The van der Waals surface area contributed by atoms with Crippen LogP contribution in [-0.4, -0.2) is 33.7 Å². The van der Waals surface area contributed by atoms with Crippen LogP contribution in [0.25, 0.3) is 11.0 Å². The van der Waals surface area contributed by atoms with Crippen LogP contribution in [0.2, 0.25) is 0 Å². The van der Waals surface area contributed by atoms with Gasteiger partial charge in [0.1, 0.15) is 11.8 Å². The first kappa shape index (κ1) is 18.1. The van der Waals surface area contributed by atoms with E-state index >= 15 is 0 Å². The van der Waals surface area contributed by atoms with Crippen molar-refractivity contribution < 1.29 is 9.53 Å². The standard InChI is InChI=1S/C22H22N4O2/c1-14(2)22(27)26-21(20-13-23-17-6-4-5-7-18(17)24-20)12-19(25-26)15-8-10-16(28-3)11-9-15/h4-11,13-14,21H,12H2,1-3H3/t21-/m0/s1. The monoisotopic (exact) mass is 374 g/mol. The van der Waals surface area contributed by atoms with Crippen molar-refractivity contribution in [2.24, 2.45) is 11.0 Å². The summed E-state index contributed by atoms with van der Waals surface area (Å²) in [6, 6.07) is 15.2. The van der Waals surface area contributed by atoms with E-state index in [9.17, 15) is 4.79 Å². The summed E-state index contributed by atoms with van der Waals surface area (Å²) in [6.07, 6.45) is 2.35. The maximum atomic E-state index is 12.8. The largest absolute Gasteiger partial charge is 0.497 e. The zero-order valence-electron chi connectivity index (χ0n) is 16.2. The van der Waals surface area contributed by atoms with Crippen molar-refractivity contribution in [2.75, 3.05) is 7.11 Å². The number of carbonyl (C=O) groups excluding carboxylic acids is 1. The van der Waals surface area contributed by atoms with Crippen molar-refractivity contribution >= 4 is 22.7 Å². The van der Waals surface area contributed by atoms with Crippen LogP contribution in [0, 0.1) is 5.92 Å². The van der Waals surface area contributed by atoms with Crippen LogP contribution in [-0.2, 0) is 4.79 Å². The minimum atomic E-state index is -0.260. The fourth-order valence-corrected chi connectivity index (χ4v) is 3.30. The molecule has 1 amide bonds. The molecule has 3 aromatic rings. The number of carbonyl (C=O) groups is 1. The number of fused-ring (bicyclic) bond motifs is 1. The highest BCUT2D eigenvalue weighted by atomic mass is 16.5. The van der Waals surface area contributed by atoms with Gasteiger partial charge in [-0.1, -0.05) is 26.0 Å². The molecule has 0 N–H and O–H groups in total. The Bertz CT molecular complexity index is 1040. The van der Waals surface area contributed by atoms with E-state index in [1.807, 2.05) is 62.4 Å². The van der Waals surface area contributed by atoms with Crippen LogP contribution in [0.3, 0.4) is 0 Å². The number of hydrogen-bond acceptors (Lipinski definition) is 5. The van der Waals surface area contributed by atoms with Gasteiger partial charge in [0.05, 0.1) is 35.7 Å². The Hall–Kier alpha value is -3.28. The number of para-hydroxylation sites is 2. The van der Waals surface area contributed by atoms with Crippen molar-refractivity contribution in [3.63, 3.8) is 0 Å². The molecule has 0 spiro atoms. The van der Waals surface area contributed by atoms with Gasteiger partial charge in [0, 0.05) is 12.3 Å². The molecule has 1 aliphatic rings. The molecule has 1 aromatic heterocycles. The summed E-state index contributed by atoms with van der Waals surface area (Å²) in [5, 5.41) is 6.24. The Morgan fingerprint density at radius 3 is 2.50 bits per heavy atom. The van der Waals surface area contributed by atoms with Gasteiger partial charge < -0.3 is 4.74 Å². The van der Waals surface area contributed by atoms with Crippen molar-refractivity contribution in [1.82, 2.24) is 15.0 Å². The Balaban J connectivity index is 1.71. The summed E-state index contributed by atoms with van der Waals surface area (Å²) in [6.45, 7) is 3.76. The maximum Gasteiger partial charge on any atom is 0.245 e. The fraction of sp³-hybridized carbons (Fsp3) is 0.273. The molecule has 0 saturated heterocycles. The molecule has 2 aromatic carbocycles. The van der Waals surface area contributed by atoms with E-state index < -0.39 is 0 Å². The number of aromatic nitrogens is 2. The topological polar surface area (TPSA) is 67.7 Å². The first-order valence-corrected chi connectivity index (χ1v) is 9.33. The van der Waals surface area contributed by atoms with Crippen LogP contribution in [0.1, 0.15) is 37.6 Å². The van der Waals surface area contributed by atoms with E-state index in [2.05, 4.69) is 10.1 Å². The lowest BCUT2D eigenvalue weighted by atomic mass is 10.0. The van der Waals surface area contributed by atoms with E-state index in [0.29, 0.717) is 6.42 Å². The molecule has 0 bridgehead atoms. The number of benzene rings is 2. The molecule has 6 heteroatoms. The normalized spacial score (nSPS) is 16.5. The van der Waals surface area contributed by atoms with Crippen molar-refractivity contribution in [1.29, 1.82) is 0 Å². The van der Waals surface area contributed by atoms with Crippen LogP contribution < -0.4 is 4.74 Å². The molecule has 142 valence electrons. The fourth-order valence-electron chi connectivity index (χ4n) is 3.30. The van der Waals surface area contributed by atoms with Gasteiger partial charge in [0.2, 0.25) is 5.91 Å². The van der Waals surface area contributed by atoms with E-state index in [1.54, 1.807) is 18.3 Å². The summed E-state index contributed by atoms with van der Waals surface area (Å²) >= 11 is 0. The minimum absolute atomic E-state index is 0.0246. The average molecular weight is 374 g/mol. The molecule has 0 fully saturated rings. The van der Waals surface area contributed by atoms with Gasteiger partial charge in [-0.05, 0) is 42.0 Å². The Kier molecular flexibility index (Phi) is 4.77. The highest BCUT2D eigenvalue weighted by Gasteiger charge is 2.35. The van der Waals surface area contributed by atoms with Gasteiger partial charge >= 0.3 is 0 Å². The quantitative estimate of drug-likeness (QED) is 0.693. The molecule has 2 heterocycles. The number of ether oxygens (including phenoxy) is 1. The second-order valence-electron chi connectivity index (χ2n) is 7.12.